The molecular formula is C30H35N3O2. The molecule has 0 fully saturated rings. The summed E-state index contributed by atoms with van der Waals surface area (Å²) in [5.41, 5.74) is 3.62. The van der Waals surface area contributed by atoms with Gasteiger partial charge in [0, 0.05) is 37.4 Å². The Morgan fingerprint density at radius 2 is 1.66 bits per heavy atom. The molecule has 0 radical (unpaired) electrons. The summed E-state index contributed by atoms with van der Waals surface area (Å²) in [7, 11) is 1.80. The number of hydrogen-bond donors (Lipinski definition) is 0. The first-order chi connectivity index (χ1) is 17.2. The van der Waals surface area contributed by atoms with Gasteiger partial charge in [-0.2, -0.15) is 0 Å². The van der Waals surface area contributed by atoms with E-state index in [-0.39, 0.29) is 5.56 Å². The number of benzene rings is 2. The van der Waals surface area contributed by atoms with E-state index < -0.39 is 0 Å². The molecule has 0 aliphatic heterocycles. The molecule has 0 aliphatic rings. The van der Waals surface area contributed by atoms with Crippen molar-refractivity contribution >= 4 is 10.9 Å². The van der Waals surface area contributed by atoms with E-state index in [9.17, 15) is 4.79 Å². The van der Waals surface area contributed by atoms with Crippen molar-refractivity contribution in [3.8, 4) is 5.75 Å². The summed E-state index contributed by atoms with van der Waals surface area (Å²) in [5, 5.41) is 1.02. The van der Waals surface area contributed by atoms with E-state index in [0.717, 1.165) is 68.4 Å². The Morgan fingerprint density at radius 1 is 0.829 bits per heavy atom. The van der Waals surface area contributed by atoms with Crippen molar-refractivity contribution in [3.05, 3.63) is 107 Å². The van der Waals surface area contributed by atoms with Crippen LogP contribution in [0, 0.1) is 0 Å². The van der Waals surface area contributed by atoms with Crippen LogP contribution in [-0.2, 0) is 19.9 Å². The molecule has 5 heteroatoms. The zero-order valence-corrected chi connectivity index (χ0v) is 20.6. The van der Waals surface area contributed by atoms with Crippen LogP contribution in [0.4, 0.5) is 0 Å². The number of aryl methyl sites for hydroxylation is 2. The average Bonchev–Trinajstić information content (AvgIpc) is 2.90. The Labute approximate surface area is 208 Å². The molecule has 2 heterocycles. The largest absolute Gasteiger partial charge is 0.494 e. The van der Waals surface area contributed by atoms with E-state index in [1.807, 2.05) is 42.7 Å². The van der Waals surface area contributed by atoms with Crippen molar-refractivity contribution in [2.45, 2.75) is 32.1 Å². The second kappa shape index (κ2) is 12.9. The van der Waals surface area contributed by atoms with Gasteiger partial charge in [-0.15, -0.1) is 0 Å². The van der Waals surface area contributed by atoms with Crippen LogP contribution in [0.5, 0.6) is 5.75 Å². The summed E-state index contributed by atoms with van der Waals surface area (Å²) >= 11 is 0. The minimum Gasteiger partial charge on any atom is -0.494 e. The van der Waals surface area contributed by atoms with Crippen LogP contribution in [0.3, 0.4) is 0 Å². The summed E-state index contributed by atoms with van der Waals surface area (Å²) < 4.78 is 7.68. The lowest BCUT2D eigenvalue weighted by Crippen LogP contribution is -2.29. The lowest BCUT2D eigenvalue weighted by molar-refractivity contribution is 0.249. The fourth-order valence-electron chi connectivity index (χ4n) is 4.40. The van der Waals surface area contributed by atoms with Crippen LogP contribution in [0.25, 0.3) is 10.9 Å². The number of pyridine rings is 2. The Hall–Kier alpha value is -3.44. The molecule has 5 nitrogen and oxygen atoms in total. The van der Waals surface area contributed by atoms with Crippen LogP contribution in [-0.4, -0.2) is 40.7 Å². The Bertz CT molecular complexity index is 1240. The van der Waals surface area contributed by atoms with Crippen molar-refractivity contribution in [2.24, 2.45) is 7.05 Å². The molecule has 0 amide bonds. The fourth-order valence-corrected chi connectivity index (χ4v) is 4.40. The quantitative estimate of drug-likeness (QED) is 0.250. The first kappa shape index (κ1) is 24.7. The standard InChI is InChI=1S/C30H35N3O2/c1-32-29-15-14-28(23-27(29)13-16-30(32)34)35-22-6-5-19-33(21-17-26-11-7-18-31-24-26)20-8-12-25-9-3-2-4-10-25/h2-4,7,9-11,13-16,18,23-24H,5-6,8,12,17,19-22H2,1H3. The number of nitrogens with zero attached hydrogens (tertiary/aromatic N) is 3. The third-order valence-electron chi connectivity index (χ3n) is 6.46. The minimum absolute atomic E-state index is 0.00279. The zero-order valence-electron chi connectivity index (χ0n) is 20.6. The third kappa shape index (κ3) is 7.52. The highest BCUT2D eigenvalue weighted by molar-refractivity contribution is 5.80. The highest BCUT2D eigenvalue weighted by atomic mass is 16.5. The van der Waals surface area contributed by atoms with Gasteiger partial charge in [-0.25, -0.2) is 0 Å². The molecule has 0 unspecified atom stereocenters. The molecule has 0 N–H and O–H groups in total. The lowest BCUT2D eigenvalue weighted by Gasteiger charge is -2.22. The molecule has 4 rings (SSSR count). The van der Waals surface area contributed by atoms with Crippen molar-refractivity contribution in [1.29, 1.82) is 0 Å². The molecule has 0 spiro atoms. The summed E-state index contributed by atoms with van der Waals surface area (Å²) in [6.07, 6.45) is 9.20. The van der Waals surface area contributed by atoms with Crippen molar-refractivity contribution in [2.75, 3.05) is 26.2 Å². The molecular weight excluding hydrogens is 434 g/mol. The van der Waals surface area contributed by atoms with Crippen molar-refractivity contribution < 1.29 is 4.74 Å². The predicted molar refractivity (Wildman–Crippen MR) is 143 cm³/mol. The molecule has 0 aliphatic carbocycles. The van der Waals surface area contributed by atoms with Gasteiger partial charge in [0.15, 0.2) is 0 Å². The molecule has 2 aromatic carbocycles. The van der Waals surface area contributed by atoms with E-state index in [4.69, 9.17) is 4.74 Å². The predicted octanol–water partition coefficient (Wildman–Crippen LogP) is 5.27. The first-order valence-corrected chi connectivity index (χ1v) is 12.6. The zero-order chi connectivity index (χ0) is 24.3. The Kier molecular flexibility index (Phi) is 9.07. The molecule has 182 valence electrons. The highest BCUT2D eigenvalue weighted by Gasteiger charge is 2.07. The summed E-state index contributed by atoms with van der Waals surface area (Å²) in [5.74, 6) is 0.854. The maximum absolute atomic E-state index is 11.8. The topological polar surface area (TPSA) is 47.4 Å². The van der Waals surface area contributed by atoms with Gasteiger partial charge in [-0.1, -0.05) is 36.4 Å². The van der Waals surface area contributed by atoms with Gasteiger partial charge < -0.3 is 14.2 Å². The average molecular weight is 470 g/mol. The maximum Gasteiger partial charge on any atom is 0.250 e. The molecule has 4 aromatic rings. The first-order valence-electron chi connectivity index (χ1n) is 12.6. The second-order valence-corrected chi connectivity index (χ2v) is 9.05. The van der Waals surface area contributed by atoms with E-state index in [1.165, 1.54) is 11.1 Å². The summed E-state index contributed by atoms with van der Waals surface area (Å²) in [6.45, 7) is 3.90. The number of hydrogen-bond acceptors (Lipinski definition) is 4. The summed E-state index contributed by atoms with van der Waals surface area (Å²) in [6, 6.07) is 24.3. The Morgan fingerprint density at radius 3 is 2.49 bits per heavy atom. The van der Waals surface area contributed by atoms with Crippen molar-refractivity contribution in [3.63, 3.8) is 0 Å². The molecule has 0 saturated carbocycles. The summed E-state index contributed by atoms with van der Waals surface area (Å²) in [4.78, 5) is 18.6. The van der Waals surface area contributed by atoms with Gasteiger partial charge in [0.1, 0.15) is 5.75 Å². The van der Waals surface area contributed by atoms with E-state index in [2.05, 4.69) is 46.3 Å². The van der Waals surface area contributed by atoms with Crippen LogP contribution < -0.4 is 10.3 Å². The van der Waals surface area contributed by atoms with Crippen LogP contribution in [0.2, 0.25) is 0 Å². The molecule has 35 heavy (non-hydrogen) atoms. The monoisotopic (exact) mass is 469 g/mol. The van der Waals surface area contributed by atoms with Gasteiger partial charge in [0.05, 0.1) is 12.1 Å². The van der Waals surface area contributed by atoms with E-state index >= 15 is 0 Å². The number of unbranched alkanes of at least 4 members (excludes halogenated alkanes) is 1. The smallest absolute Gasteiger partial charge is 0.250 e. The molecule has 0 atom stereocenters. The van der Waals surface area contributed by atoms with Crippen LogP contribution >= 0.6 is 0 Å². The van der Waals surface area contributed by atoms with Crippen LogP contribution in [0.1, 0.15) is 30.4 Å². The van der Waals surface area contributed by atoms with Crippen molar-refractivity contribution in [1.82, 2.24) is 14.5 Å². The highest BCUT2D eigenvalue weighted by Crippen LogP contribution is 2.19. The fraction of sp³-hybridized carbons (Fsp3) is 0.333. The van der Waals surface area contributed by atoms with Gasteiger partial charge >= 0.3 is 0 Å². The maximum atomic E-state index is 11.8. The van der Waals surface area contributed by atoms with Gasteiger partial charge in [-0.05, 0) is 86.7 Å². The van der Waals surface area contributed by atoms with E-state index in [0.29, 0.717) is 6.61 Å². The number of ether oxygens (including phenoxy) is 1. The number of aromatic nitrogens is 2. The lowest BCUT2D eigenvalue weighted by atomic mass is 10.1. The van der Waals surface area contributed by atoms with Gasteiger partial charge in [0.2, 0.25) is 0 Å². The second-order valence-electron chi connectivity index (χ2n) is 9.05. The van der Waals surface area contributed by atoms with Gasteiger partial charge in [-0.3, -0.25) is 9.78 Å². The van der Waals surface area contributed by atoms with Gasteiger partial charge in [0.25, 0.3) is 5.56 Å². The number of rotatable bonds is 13. The van der Waals surface area contributed by atoms with E-state index in [1.54, 1.807) is 17.7 Å². The normalized spacial score (nSPS) is 11.3. The molecule has 0 bridgehead atoms. The minimum atomic E-state index is 0.00279. The number of fused-ring (bicyclic) bond motifs is 1. The Balaban J connectivity index is 1.24. The van der Waals surface area contributed by atoms with Crippen LogP contribution in [0.15, 0.2) is 90.0 Å². The molecule has 0 saturated heterocycles. The SMILES string of the molecule is Cn1c(=O)ccc2cc(OCCCCN(CCCc3ccccc3)CCc3cccnc3)ccc21. The molecule has 2 aromatic heterocycles. The third-order valence-corrected chi connectivity index (χ3v) is 6.46.